The van der Waals surface area contributed by atoms with Gasteiger partial charge in [0.2, 0.25) is 5.88 Å². The minimum atomic E-state index is 0.511. The summed E-state index contributed by atoms with van der Waals surface area (Å²) in [5, 5.41) is 0. The highest BCUT2D eigenvalue weighted by molar-refractivity contribution is 5.58. The van der Waals surface area contributed by atoms with E-state index in [1.54, 1.807) is 12.4 Å². The highest BCUT2D eigenvalue weighted by Gasteiger charge is 2.04. The predicted molar refractivity (Wildman–Crippen MR) is 134 cm³/mol. The third kappa shape index (κ3) is 8.11. The van der Waals surface area contributed by atoms with Crippen LogP contribution in [0.15, 0.2) is 60.9 Å². The van der Waals surface area contributed by atoms with Crippen LogP contribution in [0, 0.1) is 0 Å². The van der Waals surface area contributed by atoms with Gasteiger partial charge in [-0.3, -0.25) is 0 Å². The maximum atomic E-state index is 5.85. The molecule has 0 spiro atoms. The van der Waals surface area contributed by atoms with E-state index in [4.69, 9.17) is 4.74 Å². The Balaban J connectivity index is 1.45. The van der Waals surface area contributed by atoms with Crippen LogP contribution in [0.3, 0.4) is 0 Å². The van der Waals surface area contributed by atoms with E-state index in [1.165, 1.54) is 62.5 Å². The molecule has 0 aliphatic carbocycles. The minimum Gasteiger partial charge on any atom is -0.472 e. The van der Waals surface area contributed by atoms with Gasteiger partial charge in [0.05, 0.1) is 18.1 Å². The zero-order chi connectivity index (χ0) is 22.4. The van der Waals surface area contributed by atoms with Gasteiger partial charge in [-0.05, 0) is 42.4 Å². The molecule has 3 nitrogen and oxygen atoms in total. The van der Waals surface area contributed by atoms with Crippen LogP contribution in [0.1, 0.15) is 81.9 Å². The molecule has 3 rings (SSSR count). The van der Waals surface area contributed by atoms with Gasteiger partial charge in [-0.25, -0.2) is 9.97 Å². The molecule has 3 aromatic rings. The summed E-state index contributed by atoms with van der Waals surface area (Å²) in [5.74, 6) is 0.560. The Morgan fingerprint density at radius 1 is 0.594 bits per heavy atom. The lowest BCUT2D eigenvalue weighted by atomic mass is 10.0. The Hall–Kier alpha value is -2.68. The van der Waals surface area contributed by atoms with Gasteiger partial charge in [-0.2, -0.15) is 0 Å². The largest absolute Gasteiger partial charge is 0.472 e. The van der Waals surface area contributed by atoms with E-state index in [-0.39, 0.29) is 0 Å². The molecular weight excluding hydrogens is 392 g/mol. The predicted octanol–water partition coefficient (Wildman–Crippen LogP) is 7.97. The molecule has 0 amide bonds. The second-order valence-corrected chi connectivity index (χ2v) is 8.66. The number of hydrogen-bond acceptors (Lipinski definition) is 3. The van der Waals surface area contributed by atoms with E-state index >= 15 is 0 Å². The highest BCUT2D eigenvalue weighted by Crippen LogP contribution is 2.20. The molecule has 0 N–H and O–H groups in total. The fourth-order valence-corrected chi connectivity index (χ4v) is 3.85. The van der Waals surface area contributed by atoms with Crippen LogP contribution in [0.5, 0.6) is 5.88 Å². The summed E-state index contributed by atoms with van der Waals surface area (Å²) in [4.78, 5) is 9.01. The van der Waals surface area contributed by atoms with Crippen molar-refractivity contribution in [2.75, 3.05) is 0 Å². The van der Waals surface area contributed by atoms with Crippen LogP contribution in [-0.2, 0) is 19.4 Å². The molecule has 32 heavy (non-hydrogen) atoms. The van der Waals surface area contributed by atoms with Crippen molar-refractivity contribution < 1.29 is 4.74 Å². The van der Waals surface area contributed by atoms with Crippen molar-refractivity contribution in [3.8, 4) is 17.1 Å². The van der Waals surface area contributed by atoms with Gasteiger partial charge < -0.3 is 4.74 Å². The average Bonchev–Trinajstić information content (AvgIpc) is 2.85. The van der Waals surface area contributed by atoms with Crippen molar-refractivity contribution in [2.24, 2.45) is 0 Å². The Kier molecular flexibility index (Phi) is 10.2. The first-order chi connectivity index (χ1) is 15.8. The normalized spacial score (nSPS) is 10.9. The lowest BCUT2D eigenvalue weighted by Gasteiger charge is -2.08. The molecule has 0 saturated carbocycles. The van der Waals surface area contributed by atoms with Crippen molar-refractivity contribution in [1.29, 1.82) is 0 Å². The Morgan fingerprint density at radius 2 is 1.16 bits per heavy atom. The van der Waals surface area contributed by atoms with E-state index in [1.807, 2.05) is 0 Å². The fourth-order valence-electron chi connectivity index (χ4n) is 3.85. The fraction of sp³-hybridized carbons (Fsp3) is 0.448. The number of rotatable bonds is 14. The molecule has 170 valence electrons. The molecule has 0 unspecified atom stereocenters. The van der Waals surface area contributed by atoms with Crippen molar-refractivity contribution in [3.05, 3.63) is 77.6 Å². The number of benzene rings is 2. The quantitative estimate of drug-likeness (QED) is 0.243. The smallest absolute Gasteiger partial charge is 0.232 e. The Morgan fingerprint density at radius 3 is 1.69 bits per heavy atom. The monoisotopic (exact) mass is 430 g/mol. The number of ether oxygens (including phenoxy) is 1. The Labute approximate surface area is 194 Å². The zero-order valence-electron chi connectivity index (χ0n) is 19.9. The summed E-state index contributed by atoms with van der Waals surface area (Å²) in [6.07, 6.45) is 16.2. The van der Waals surface area contributed by atoms with E-state index in [2.05, 4.69) is 72.3 Å². The third-order valence-corrected chi connectivity index (χ3v) is 5.93. The summed E-state index contributed by atoms with van der Waals surface area (Å²) in [6, 6.07) is 17.4. The van der Waals surface area contributed by atoms with Crippen LogP contribution in [0.2, 0.25) is 0 Å². The van der Waals surface area contributed by atoms with Gasteiger partial charge in [0.15, 0.2) is 0 Å². The minimum absolute atomic E-state index is 0.511. The van der Waals surface area contributed by atoms with E-state index < -0.39 is 0 Å². The molecule has 0 radical (unpaired) electrons. The number of hydrogen-bond donors (Lipinski definition) is 0. The summed E-state index contributed by atoms with van der Waals surface area (Å²) in [6.45, 7) is 5.01. The molecule has 1 heterocycles. The van der Waals surface area contributed by atoms with Crippen LogP contribution in [-0.4, -0.2) is 9.97 Å². The molecule has 0 aliphatic heterocycles. The molecule has 0 atom stereocenters. The van der Waals surface area contributed by atoms with Crippen LogP contribution in [0.25, 0.3) is 11.3 Å². The molecule has 0 aliphatic rings. The molecule has 2 aromatic carbocycles. The van der Waals surface area contributed by atoms with Crippen molar-refractivity contribution in [3.63, 3.8) is 0 Å². The van der Waals surface area contributed by atoms with Gasteiger partial charge in [-0.1, -0.05) is 101 Å². The van der Waals surface area contributed by atoms with Crippen molar-refractivity contribution in [1.82, 2.24) is 9.97 Å². The standard InChI is InChI=1S/C29H38N2O/c1-3-5-7-9-11-24-13-15-26(16-14-24)23-32-29-22-30-28(21-31-29)27-19-17-25(18-20-27)12-10-8-6-4-2/h13-22H,3-12,23H2,1-2H3. The third-order valence-electron chi connectivity index (χ3n) is 5.93. The molecular formula is C29H38N2O. The number of nitrogens with zero attached hydrogens (tertiary/aromatic N) is 2. The lowest BCUT2D eigenvalue weighted by Crippen LogP contribution is -1.99. The summed E-state index contributed by atoms with van der Waals surface area (Å²) >= 11 is 0. The summed E-state index contributed by atoms with van der Waals surface area (Å²) in [5.41, 5.74) is 5.92. The van der Waals surface area contributed by atoms with Crippen molar-refractivity contribution >= 4 is 0 Å². The molecule has 0 bridgehead atoms. The SMILES string of the molecule is CCCCCCc1ccc(COc2cnc(-c3ccc(CCCCCC)cc3)cn2)cc1. The topological polar surface area (TPSA) is 35.0 Å². The summed E-state index contributed by atoms with van der Waals surface area (Å²) < 4.78 is 5.85. The first kappa shape index (κ1) is 24.0. The second-order valence-electron chi connectivity index (χ2n) is 8.66. The van der Waals surface area contributed by atoms with Gasteiger partial charge in [0.1, 0.15) is 6.61 Å². The molecule has 0 fully saturated rings. The molecule has 3 heteroatoms. The Bertz CT molecular complexity index is 886. The van der Waals surface area contributed by atoms with Gasteiger partial charge in [0, 0.05) is 5.56 Å². The van der Waals surface area contributed by atoms with E-state index in [0.29, 0.717) is 12.5 Å². The number of aromatic nitrogens is 2. The highest BCUT2D eigenvalue weighted by atomic mass is 16.5. The first-order valence-electron chi connectivity index (χ1n) is 12.4. The molecule has 1 aromatic heterocycles. The number of aryl methyl sites for hydroxylation is 2. The van der Waals surface area contributed by atoms with E-state index in [9.17, 15) is 0 Å². The maximum absolute atomic E-state index is 5.85. The van der Waals surface area contributed by atoms with Crippen molar-refractivity contribution in [2.45, 2.75) is 84.7 Å². The first-order valence-corrected chi connectivity index (χ1v) is 12.4. The van der Waals surface area contributed by atoms with Gasteiger partial charge >= 0.3 is 0 Å². The van der Waals surface area contributed by atoms with Crippen LogP contribution < -0.4 is 4.74 Å². The zero-order valence-corrected chi connectivity index (χ0v) is 19.9. The average molecular weight is 431 g/mol. The van der Waals surface area contributed by atoms with E-state index in [0.717, 1.165) is 29.7 Å². The van der Waals surface area contributed by atoms with Crippen LogP contribution >= 0.6 is 0 Å². The van der Waals surface area contributed by atoms with Gasteiger partial charge in [-0.15, -0.1) is 0 Å². The van der Waals surface area contributed by atoms with Crippen LogP contribution in [0.4, 0.5) is 0 Å². The summed E-state index contributed by atoms with van der Waals surface area (Å²) in [7, 11) is 0. The molecule has 0 saturated heterocycles. The number of unbranched alkanes of at least 4 members (excludes halogenated alkanes) is 6. The lowest BCUT2D eigenvalue weighted by molar-refractivity contribution is 0.292. The second kappa shape index (κ2) is 13.7. The van der Waals surface area contributed by atoms with Gasteiger partial charge in [0.25, 0.3) is 0 Å². The maximum Gasteiger partial charge on any atom is 0.232 e.